The summed E-state index contributed by atoms with van der Waals surface area (Å²) in [5.74, 6) is 0. The van der Waals surface area contributed by atoms with Crippen LogP contribution in [0.3, 0.4) is 0 Å². The van der Waals surface area contributed by atoms with E-state index in [1.165, 1.54) is 37.3 Å². The highest BCUT2D eigenvalue weighted by molar-refractivity contribution is 7.16. The maximum absolute atomic E-state index is 8.73. The van der Waals surface area contributed by atoms with Crippen LogP contribution in [0.25, 0.3) is 0 Å². The van der Waals surface area contributed by atoms with E-state index in [9.17, 15) is 0 Å². The van der Waals surface area contributed by atoms with Crippen LogP contribution in [0, 0.1) is 11.3 Å². The molecule has 0 bridgehead atoms. The third-order valence-electron chi connectivity index (χ3n) is 2.59. The van der Waals surface area contributed by atoms with Crippen LogP contribution in [0.2, 0.25) is 5.15 Å². The molecule has 0 atom stereocenters. The minimum absolute atomic E-state index is 0.302. The van der Waals surface area contributed by atoms with Gasteiger partial charge in [-0.15, -0.1) is 0 Å². The van der Waals surface area contributed by atoms with Crippen LogP contribution in [0.4, 0.5) is 5.13 Å². The van der Waals surface area contributed by atoms with Crippen molar-refractivity contribution in [2.75, 3.05) is 31.5 Å². The standard InChI is InChI=1S/C10H13ClN4S/c11-9-8(7-12)16-10(14-9)13-3-6-15-4-1-2-5-15/h1-6H2,(H,13,14). The maximum atomic E-state index is 8.73. The smallest absolute Gasteiger partial charge is 0.185 e. The molecule has 1 aromatic rings. The Labute approximate surface area is 104 Å². The number of thiazole rings is 1. The Morgan fingerprint density at radius 3 is 2.88 bits per heavy atom. The Morgan fingerprint density at radius 1 is 1.50 bits per heavy atom. The van der Waals surface area contributed by atoms with E-state index in [0.717, 1.165) is 18.2 Å². The minimum Gasteiger partial charge on any atom is -0.360 e. The Morgan fingerprint density at radius 2 is 2.25 bits per heavy atom. The third kappa shape index (κ3) is 2.85. The normalized spacial score (nSPS) is 16.2. The zero-order chi connectivity index (χ0) is 11.4. The number of nitrogens with one attached hydrogen (secondary N) is 1. The first-order valence-electron chi connectivity index (χ1n) is 5.32. The summed E-state index contributed by atoms with van der Waals surface area (Å²) < 4.78 is 0. The minimum atomic E-state index is 0.302. The number of anilines is 1. The molecule has 0 radical (unpaired) electrons. The molecule has 2 heterocycles. The van der Waals surface area contributed by atoms with Crippen molar-refractivity contribution in [2.24, 2.45) is 0 Å². The van der Waals surface area contributed by atoms with Gasteiger partial charge < -0.3 is 10.2 Å². The molecule has 1 aliphatic heterocycles. The van der Waals surface area contributed by atoms with Crippen LogP contribution in [0.5, 0.6) is 0 Å². The monoisotopic (exact) mass is 256 g/mol. The highest BCUT2D eigenvalue weighted by Crippen LogP contribution is 2.25. The van der Waals surface area contributed by atoms with Gasteiger partial charge in [0, 0.05) is 13.1 Å². The lowest BCUT2D eigenvalue weighted by Crippen LogP contribution is -2.25. The number of aromatic nitrogens is 1. The van der Waals surface area contributed by atoms with E-state index in [2.05, 4.69) is 15.2 Å². The molecule has 0 saturated carbocycles. The highest BCUT2D eigenvalue weighted by atomic mass is 35.5. The van der Waals surface area contributed by atoms with Crippen molar-refractivity contribution in [3.8, 4) is 6.07 Å². The predicted octanol–water partition coefficient (Wildman–Crippen LogP) is 2.18. The van der Waals surface area contributed by atoms with Crippen molar-refractivity contribution in [3.63, 3.8) is 0 Å². The zero-order valence-electron chi connectivity index (χ0n) is 8.87. The molecule has 16 heavy (non-hydrogen) atoms. The van der Waals surface area contributed by atoms with Crippen molar-refractivity contribution < 1.29 is 0 Å². The number of rotatable bonds is 4. The summed E-state index contributed by atoms with van der Waals surface area (Å²) in [5.41, 5.74) is 0. The van der Waals surface area contributed by atoms with E-state index in [-0.39, 0.29) is 0 Å². The van der Waals surface area contributed by atoms with Gasteiger partial charge in [-0.25, -0.2) is 4.98 Å². The average Bonchev–Trinajstić information content (AvgIpc) is 2.88. The second kappa shape index (κ2) is 5.48. The largest absolute Gasteiger partial charge is 0.360 e. The molecular weight excluding hydrogens is 244 g/mol. The first-order chi connectivity index (χ1) is 7.79. The number of nitrogens with zero attached hydrogens (tertiary/aromatic N) is 3. The molecule has 0 aliphatic carbocycles. The molecule has 0 amide bonds. The van der Waals surface area contributed by atoms with Crippen LogP contribution >= 0.6 is 22.9 Å². The van der Waals surface area contributed by atoms with Gasteiger partial charge in [0.2, 0.25) is 0 Å². The molecule has 1 saturated heterocycles. The molecule has 0 unspecified atom stereocenters. The molecule has 1 aliphatic rings. The number of halogens is 1. The number of hydrogen-bond acceptors (Lipinski definition) is 5. The summed E-state index contributed by atoms with van der Waals surface area (Å²) in [6.45, 7) is 4.28. The van der Waals surface area contributed by atoms with Gasteiger partial charge in [0.05, 0.1) is 0 Å². The molecular formula is C10H13ClN4S. The van der Waals surface area contributed by atoms with Crippen molar-refractivity contribution in [1.29, 1.82) is 5.26 Å². The Hall–Kier alpha value is -0.830. The number of nitriles is 1. The van der Waals surface area contributed by atoms with Crippen LogP contribution in [0.15, 0.2) is 0 Å². The summed E-state index contributed by atoms with van der Waals surface area (Å²) >= 11 is 7.09. The maximum Gasteiger partial charge on any atom is 0.185 e. The van der Waals surface area contributed by atoms with Gasteiger partial charge in [0.25, 0.3) is 0 Å². The second-order valence-corrected chi connectivity index (χ2v) is 5.08. The fraction of sp³-hybridized carbons (Fsp3) is 0.600. The van der Waals surface area contributed by atoms with Crippen LogP contribution in [-0.4, -0.2) is 36.1 Å². The fourth-order valence-corrected chi connectivity index (χ4v) is 2.75. The average molecular weight is 257 g/mol. The van der Waals surface area contributed by atoms with Crippen molar-refractivity contribution in [1.82, 2.24) is 9.88 Å². The first-order valence-corrected chi connectivity index (χ1v) is 6.51. The number of hydrogen-bond donors (Lipinski definition) is 1. The van der Waals surface area contributed by atoms with Crippen molar-refractivity contribution in [2.45, 2.75) is 12.8 Å². The molecule has 1 aromatic heterocycles. The Balaban J connectivity index is 1.78. The van der Waals surface area contributed by atoms with Gasteiger partial charge in [0.15, 0.2) is 10.3 Å². The predicted molar refractivity (Wildman–Crippen MR) is 66.0 cm³/mol. The van der Waals surface area contributed by atoms with E-state index in [1.807, 2.05) is 6.07 Å². The molecule has 0 aromatic carbocycles. The molecule has 86 valence electrons. The molecule has 1 N–H and O–H groups in total. The van der Waals surface area contributed by atoms with E-state index >= 15 is 0 Å². The summed E-state index contributed by atoms with van der Waals surface area (Å²) in [6.07, 6.45) is 2.61. The lowest BCUT2D eigenvalue weighted by Gasteiger charge is -2.13. The van der Waals surface area contributed by atoms with E-state index < -0.39 is 0 Å². The fourth-order valence-electron chi connectivity index (χ4n) is 1.77. The second-order valence-electron chi connectivity index (χ2n) is 3.73. The van der Waals surface area contributed by atoms with Gasteiger partial charge >= 0.3 is 0 Å². The number of likely N-dealkylation sites (tertiary alicyclic amines) is 1. The van der Waals surface area contributed by atoms with Crippen LogP contribution in [-0.2, 0) is 0 Å². The molecule has 2 rings (SSSR count). The summed E-state index contributed by atoms with van der Waals surface area (Å²) in [7, 11) is 0. The van der Waals surface area contributed by atoms with Crippen LogP contribution < -0.4 is 5.32 Å². The van der Waals surface area contributed by atoms with Crippen molar-refractivity contribution >= 4 is 28.1 Å². The molecule has 1 fully saturated rings. The molecule has 4 nitrogen and oxygen atoms in total. The molecule has 6 heteroatoms. The third-order valence-corrected chi connectivity index (χ3v) is 3.89. The Bertz CT molecular complexity index is 392. The summed E-state index contributed by atoms with van der Waals surface area (Å²) in [6, 6.07) is 2.02. The topological polar surface area (TPSA) is 52.0 Å². The van der Waals surface area contributed by atoms with Crippen molar-refractivity contribution in [3.05, 3.63) is 10.0 Å². The van der Waals surface area contributed by atoms with E-state index in [4.69, 9.17) is 16.9 Å². The Kier molecular flexibility index (Phi) is 3.99. The van der Waals surface area contributed by atoms with Gasteiger partial charge in [0.1, 0.15) is 10.9 Å². The summed E-state index contributed by atoms with van der Waals surface area (Å²) in [5, 5.41) is 13.0. The summed E-state index contributed by atoms with van der Waals surface area (Å²) in [4.78, 5) is 6.98. The quantitative estimate of drug-likeness (QED) is 0.897. The van der Waals surface area contributed by atoms with Gasteiger partial charge in [-0.3, -0.25) is 0 Å². The van der Waals surface area contributed by atoms with Gasteiger partial charge in [-0.1, -0.05) is 22.9 Å². The van der Waals surface area contributed by atoms with Gasteiger partial charge in [-0.05, 0) is 25.9 Å². The van der Waals surface area contributed by atoms with Gasteiger partial charge in [-0.2, -0.15) is 5.26 Å². The first kappa shape index (κ1) is 11.6. The zero-order valence-corrected chi connectivity index (χ0v) is 10.4. The lowest BCUT2D eigenvalue weighted by molar-refractivity contribution is 0.352. The molecule has 0 spiro atoms. The van der Waals surface area contributed by atoms with Crippen LogP contribution in [0.1, 0.15) is 17.7 Å². The lowest BCUT2D eigenvalue weighted by atomic mass is 10.4. The highest BCUT2D eigenvalue weighted by Gasteiger charge is 2.11. The van der Waals surface area contributed by atoms with E-state index in [1.54, 1.807) is 0 Å². The van der Waals surface area contributed by atoms with E-state index in [0.29, 0.717) is 10.0 Å². The SMILES string of the molecule is N#Cc1sc(NCCN2CCCC2)nc1Cl.